The second-order valence-corrected chi connectivity index (χ2v) is 8.82. The molecular weight excluding hydrogens is 414 g/mol. The average Bonchev–Trinajstić information content (AvgIpc) is 2.80. The Balaban J connectivity index is 1.34. The largest absolute Gasteiger partial charge is 0.508 e. The summed E-state index contributed by atoms with van der Waals surface area (Å²) in [6.45, 7) is 6.25. The minimum Gasteiger partial charge on any atom is -0.508 e. The van der Waals surface area contributed by atoms with Gasteiger partial charge in [0.1, 0.15) is 35.7 Å². The molecule has 3 aromatic carbocycles. The van der Waals surface area contributed by atoms with E-state index in [0.29, 0.717) is 12.4 Å². The Morgan fingerprint density at radius 3 is 2.52 bits per heavy atom. The molecule has 0 bridgehead atoms. The second-order valence-electron chi connectivity index (χ2n) is 8.82. The Hall–Kier alpha value is -3.44. The molecule has 0 saturated carbocycles. The van der Waals surface area contributed by atoms with Crippen LogP contribution < -0.4 is 9.47 Å². The molecule has 2 N–H and O–H groups in total. The lowest BCUT2D eigenvalue weighted by molar-refractivity contribution is 0.0806. The summed E-state index contributed by atoms with van der Waals surface area (Å²) in [5.41, 5.74) is 3.58. The number of ether oxygens (including phenoxy) is 2. The molecule has 2 heterocycles. The fourth-order valence-corrected chi connectivity index (χ4v) is 4.51. The zero-order chi connectivity index (χ0) is 22.8. The third kappa shape index (κ3) is 4.69. The van der Waals surface area contributed by atoms with E-state index in [1.54, 1.807) is 30.3 Å². The van der Waals surface area contributed by atoms with E-state index in [9.17, 15) is 10.2 Å². The van der Waals surface area contributed by atoms with Gasteiger partial charge < -0.3 is 19.7 Å². The van der Waals surface area contributed by atoms with Crippen molar-refractivity contribution in [3.8, 4) is 23.0 Å². The van der Waals surface area contributed by atoms with E-state index >= 15 is 0 Å². The number of nitrogens with zero attached hydrogens (tertiary/aromatic N) is 1. The molecule has 0 amide bonds. The average molecular weight is 444 g/mol. The van der Waals surface area contributed by atoms with E-state index in [-0.39, 0.29) is 17.6 Å². The number of phenolic OH excluding ortho intramolecular Hbond substituents is 2. The third-order valence-electron chi connectivity index (χ3n) is 6.48. The maximum atomic E-state index is 10.0. The lowest BCUT2D eigenvalue weighted by atomic mass is 9.91. The maximum absolute atomic E-state index is 10.0. The monoisotopic (exact) mass is 443 g/mol. The second kappa shape index (κ2) is 9.20. The van der Waals surface area contributed by atoms with Crippen LogP contribution in [0.2, 0.25) is 0 Å². The summed E-state index contributed by atoms with van der Waals surface area (Å²) in [4.78, 5) is 2.43. The Morgan fingerprint density at radius 2 is 1.76 bits per heavy atom. The van der Waals surface area contributed by atoms with Crippen molar-refractivity contribution in [3.63, 3.8) is 0 Å². The van der Waals surface area contributed by atoms with Gasteiger partial charge in [0.15, 0.2) is 0 Å². The van der Waals surface area contributed by atoms with Gasteiger partial charge in [0, 0.05) is 30.8 Å². The minimum atomic E-state index is -0.343. The van der Waals surface area contributed by atoms with Gasteiger partial charge in [-0.25, -0.2) is 0 Å². The van der Waals surface area contributed by atoms with E-state index in [1.165, 1.54) is 19.5 Å². The molecule has 170 valence electrons. The van der Waals surface area contributed by atoms with Crippen LogP contribution in [0.15, 0.2) is 66.7 Å². The van der Waals surface area contributed by atoms with Crippen LogP contribution in [0.3, 0.4) is 0 Å². The van der Waals surface area contributed by atoms with Crippen LogP contribution in [0, 0.1) is 5.92 Å². The molecule has 2 aliphatic heterocycles. The van der Waals surface area contributed by atoms with Crippen LogP contribution in [0.25, 0.3) is 11.6 Å². The molecule has 5 rings (SSSR count). The number of rotatable bonds is 7. The lowest BCUT2D eigenvalue weighted by Crippen LogP contribution is -2.47. The Morgan fingerprint density at radius 1 is 0.970 bits per heavy atom. The van der Waals surface area contributed by atoms with Crippen molar-refractivity contribution in [2.75, 3.05) is 26.2 Å². The number of hydrogen-bond donors (Lipinski definition) is 2. The molecule has 5 heteroatoms. The number of benzene rings is 3. The molecule has 5 nitrogen and oxygen atoms in total. The van der Waals surface area contributed by atoms with E-state index in [4.69, 9.17) is 9.47 Å². The Bertz CT molecular complexity index is 1150. The molecule has 0 unspecified atom stereocenters. The van der Waals surface area contributed by atoms with E-state index in [1.807, 2.05) is 42.5 Å². The summed E-state index contributed by atoms with van der Waals surface area (Å²) < 4.78 is 12.3. The highest BCUT2D eigenvalue weighted by atomic mass is 16.5. The van der Waals surface area contributed by atoms with Gasteiger partial charge in [-0.3, -0.25) is 4.90 Å². The maximum Gasteiger partial charge on any atom is 0.149 e. The van der Waals surface area contributed by atoms with E-state index in [2.05, 4.69) is 11.8 Å². The molecule has 0 aromatic heterocycles. The van der Waals surface area contributed by atoms with Crippen LogP contribution in [0.1, 0.15) is 36.1 Å². The first-order valence-corrected chi connectivity index (χ1v) is 11.5. The first-order chi connectivity index (χ1) is 16.1. The third-order valence-corrected chi connectivity index (χ3v) is 6.48. The van der Waals surface area contributed by atoms with Gasteiger partial charge in [-0.2, -0.15) is 0 Å². The Labute approximate surface area is 194 Å². The van der Waals surface area contributed by atoms with Crippen molar-refractivity contribution >= 4 is 11.6 Å². The Kier molecular flexibility index (Phi) is 5.97. The standard InChI is InChI=1S/C28H29NO4/c1-2-19-17-29(18-19)12-13-32-25-9-6-20(7-10-25)28-26(21-4-3-5-23(30)14-21)16-22-15-24(31)8-11-27(22)33-28/h3-11,14-16,19,28,30-31H,2,12-13,17-18H2,1H3/t28-/m0/s1. The van der Waals surface area contributed by atoms with Crippen molar-refractivity contribution in [3.05, 3.63) is 83.4 Å². The van der Waals surface area contributed by atoms with Crippen LogP contribution >= 0.6 is 0 Å². The highest BCUT2D eigenvalue weighted by Gasteiger charge is 2.27. The van der Waals surface area contributed by atoms with Crippen molar-refractivity contribution in [1.82, 2.24) is 4.90 Å². The van der Waals surface area contributed by atoms with Crippen LogP contribution in [0.5, 0.6) is 23.0 Å². The van der Waals surface area contributed by atoms with Crippen molar-refractivity contribution < 1.29 is 19.7 Å². The zero-order valence-corrected chi connectivity index (χ0v) is 18.8. The predicted octanol–water partition coefficient (Wildman–Crippen LogP) is 5.49. The van der Waals surface area contributed by atoms with Gasteiger partial charge in [0.25, 0.3) is 0 Å². The van der Waals surface area contributed by atoms with Crippen molar-refractivity contribution in [1.29, 1.82) is 0 Å². The highest BCUT2D eigenvalue weighted by Crippen LogP contribution is 2.43. The number of fused-ring (bicyclic) bond motifs is 1. The molecule has 0 radical (unpaired) electrons. The fourth-order valence-electron chi connectivity index (χ4n) is 4.51. The summed E-state index contributed by atoms with van der Waals surface area (Å²) in [6.07, 6.45) is 2.93. The quantitative estimate of drug-likeness (QED) is 0.505. The molecular formula is C28H29NO4. The first kappa shape index (κ1) is 21.4. The van der Waals surface area contributed by atoms with E-state index in [0.717, 1.165) is 40.5 Å². The van der Waals surface area contributed by atoms with Crippen molar-refractivity contribution in [2.24, 2.45) is 5.92 Å². The van der Waals surface area contributed by atoms with Gasteiger partial charge >= 0.3 is 0 Å². The first-order valence-electron chi connectivity index (χ1n) is 11.5. The zero-order valence-electron chi connectivity index (χ0n) is 18.8. The summed E-state index contributed by atoms with van der Waals surface area (Å²) in [7, 11) is 0. The molecule has 1 fully saturated rings. The number of aromatic hydroxyl groups is 2. The summed E-state index contributed by atoms with van der Waals surface area (Å²) in [5, 5.41) is 19.9. The fraction of sp³-hybridized carbons (Fsp3) is 0.286. The lowest BCUT2D eigenvalue weighted by Gasteiger charge is -2.38. The van der Waals surface area contributed by atoms with Gasteiger partial charge in [-0.05, 0) is 65.6 Å². The van der Waals surface area contributed by atoms with Crippen LogP contribution in [-0.2, 0) is 0 Å². The molecule has 1 atom stereocenters. The van der Waals surface area contributed by atoms with Gasteiger partial charge in [0.05, 0.1) is 0 Å². The molecule has 33 heavy (non-hydrogen) atoms. The molecule has 0 aliphatic carbocycles. The topological polar surface area (TPSA) is 62.2 Å². The number of likely N-dealkylation sites (tertiary alicyclic amines) is 1. The molecule has 1 saturated heterocycles. The van der Waals surface area contributed by atoms with Gasteiger partial charge in [0.2, 0.25) is 0 Å². The van der Waals surface area contributed by atoms with Crippen LogP contribution in [0.4, 0.5) is 0 Å². The number of hydrogen-bond acceptors (Lipinski definition) is 5. The predicted molar refractivity (Wildman–Crippen MR) is 130 cm³/mol. The smallest absolute Gasteiger partial charge is 0.149 e. The summed E-state index contributed by atoms with van der Waals surface area (Å²) >= 11 is 0. The molecule has 2 aliphatic rings. The molecule has 0 spiro atoms. The van der Waals surface area contributed by atoms with Gasteiger partial charge in [-0.1, -0.05) is 37.6 Å². The highest BCUT2D eigenvalue weighted by molar-refractivity contribution is 5.88. The van der Waals surface area contributed by atoms with Crippen molar-refractivity contribution in [2.45, 2.75) is 19.4 Å². The normalized spacial score (nSPS) is 18.1. The van der Waals surface area contributed by atoms with E-state index < -0.39 is 0 Å². The summed E-state index contributed by atoms with van der Waals surface area (Å²) in [5.74, 6) is 2.79. The molecule has 3 aromatic rings. The van der Waals surface area contributed by atoms with Gasteiger partial charge in [-0.15, -0.1) is 0 Å². The minimum absolute atomic E-state index is 0.187. The number of phenols is 2. The SMILES string of the molecule is CCC1CN(CCOc2ccc([C@@H]3Oc4ccc(O)cc4C=C3c3cccc(O)c3)cc2)C1. The summed E-state index contributed by atoms with van der Waals surface area (Å²) in [6, 6.07) is 20.3. The van der Waals surface area contributed by atoms with Crippen LogP contribution in [-0.4, -0.2) is 41.4 Å².